The molecule has 3 rings (SSSR count). The second-order valence-corrected chi connectivity index (χ2v) is 5.17. The van der Waals surface area contributed by atoms with E-state index in [9.17, 15) is 0 Å². The molecular formula is C13H18N4O2. The van der Waals surface area contributed by atoms with Gasteiger partial charge < -0.3 is 9.26 Å². The number of nitriles is 1. The fraction of sp³-hybridized carbons (Fsp3) is 0.769. The first-order chi connectivity index (χ1) is 9.36. The molecule has 1 aromatic rings. The van der Waals surface area contributed by atoms with Crippen molar-refractivity contribution in [1.82, 2.24) is 15.0 Å². The fourth-order valence-corrected chi connectivity index (χ4v) is 2.79. The second kappa shape index (κ2) is 5.68. The largest absolute Gasteiger partial charge is 0.367 e. The van der Waals surface area contributed by atoms with Crippen molar-refractivity contribution < 1.29 is 9.26 Å². The molecule has 0 saturated carbocycles. The van der Waals surface area contributed by atoms with Crippen molar-refractivity contribution in [2.75, 3.05) is 19.7 Å². The molecule has 0 amide bonds. The second-order valence-electron chi connectivity index (χ2n) is 5.17. The fourth-order valence-electron chi connectivity index (χ4n) is 2.79. The van der Waals surface area contributed by atoms with Crippen molar-refractivity contribution in [3.63, 3.8) is 0 Å². The molecule has 2 aliphatic heterocycles. The van der Waals surface area contributed by atoms with E-state index in [4.69, 9.17) is 14.5 Å². The van der Waals surface area contributed by atoms with Gasteiger partial charge in [0.15, 0.2) is 0 Å². The molecule has 0 aliphatic carbocycles. The zero-order valence-electron chi connectivity index (χ0n) is 10.9. The van der Waals surface area contributed by atoms with Gasteiger partial charge in [-0.2, -0.15) is 10.2 Å². The summed E-state index contributed by atoms with van der Waals surface area (Å²) in [4.78, 5) is 6.84. The minimum absolute atomic E-state index is 0.0668. The van der Waals surface area contributed by atoms with E-state index in [2.05, 4.69) is 21.1 Å². The van der Waals surface area contributed by atoms with Crippen LogP contribution in [0.3, 0.4) is 0 Å². The van der Waals surface area contributed by atoms with Gasteiger partial charge in [0, 0.05) is 25.4 Å². The molecule has 6 nitrogen and oxygen atoms in total. The van der Waals surface area contributed by atoms with Gasteiger partial charge in [0.25, 0.3) is 0 Å². The third-order valence-electron chi connectivity index (χ3n) is 3.84. The highest BCUT2D eigenvalue weighted by molar-refractivity contribution is 4.97. The molecule has 0 aromatic carbocycles. The van der Waals surface area contributed by atoms with Gasteiger partial charge in [-0.25, -0.2) is 0 Å². The van der Waals surface area contributed by atoms with Crippen LogP contribution in [0, 0.1) is 11.3 Å². The molecule has 19 heavy (non-hydrogen) atoms. The Hall–Kier alpha value is -1.45. The molecule has 2 saturated heterocycles. The lowest BCUT2D eigenvalue weighted by Gasteiger charge is -2.33. The van der Waals surface area contributed by atoms with Crippen molar-refractivity contribution in [3.8, 4) is 6.07 Å². The lowest BCUT2D eigenvalue weighted by molar-refractivity contribution is -0.0548. The van der Waals surface area contributed by atoms with Gasteiger partial charge in [-0.15, -0.1) is 0 Å². The Kier molecular flexibility index (Phi) is 3.76. The maximum absolute atomic E-state index is 8.50. The third-order valence-corrected chi connectivity index (χ3v) is 3.84. The Labute approximate surface area is 112 Å². The van der Waals surface area contributed by atoms with Gasteiger partial charge in [-0.1, -0.05) is 5.16 Å². The normalized spacial score (nSPS) is 27.1. The summed E-state index contributed by atoms with van der Waals surface area (Å²) in [5.41, 5.74) is 0. The molecular weight excluding hydrogens is 244 g/mol. The van der Waals surface area contributed by atoms with Gasteiger partial charge in [0.1, 0.15) is 6.10 Å². The van der Waals surface area contributed by atoms with E-state index in [1.165, 1.54) is 12.8 Å². The maximum atomic E-state index is 8.50. The van der Waals surface area contributed by atoms with Crippen LogP contribution in [0.2, 0.25) is 0 Å². The van der Waals surface area contributed by atoms with E-state index in [0.29, 0.717) is 30.6 Å². The van der Waals surface area contributed by atoms with Gasteiger partial charge in [0.2, 0.25) is 11.7 Å². The molecule has 0 spiro atoms. The van der Waals surface area contributed by atoms with Crippen LogP contribution in [0.25, 0.3) is 0 Å². The Morgan fingerprint density at radius 2 is 2.42 bits per heavy atom. The van der Waals surface area contributed by atoms with Crippen LogP contribution >= 0.6 is 0 Å². The van der Waals surface area contributed by atoms with Crippen LogP contribution < -0.4 is 0 Å². The highest BCUT2D eigenvalue weighted by atomic mass is 16.5. The van der Waals surface area contributed by atoms with Crippen molar-refractivity contribution in [3.05, 3.63) is 11.7 Å². The summed E-state index contributed by atoms with van der Waals surface area (Å²) in [6, 6.07) is 2.69. The summed E-state index contributed by atoms with van der Waals surface area (Å²) < 4.78 is 11.0. The SMILES string of the molecule is N#CCCCc1nc(C2CN3CCCC3CO2)no1. The minimum atomic E-state index is -0.0668. The predicted octanol–water partition coefficient (Wildman–Crippen LogP) is 1.45. The summed E-state index contributed by atoms with van der Waals surface area (Å²) in [5.74, 6) is 1.26. The van der Waals surface area contributed by atoms with E-state index < -0.39 is 0 Å². The molecule has 6 heteroatoms. The quantitative estimate of drug-likeness (QED) is 0.764. The van der Waals surface area contributed by atoms with Gasteiger partial charge in [-0.3, -0.25) is 4.90 Å². The average Bonchev–Trinajstić information content (AvgIpc) is 3.06. The zero-order chi connectivity index (χ0) is 13.1. The summed E-state index contributed by atoms with van der Waals surface area (Å²) in [7, 11) is 0. The lowest BCUT2D eigenvalue weighted by Crippen LogP contribution is -2.42. The van der Waals surface area contributed by atoms with Crippen molar-refractivity contribution in [2.45, 2.75) is 44.2 Å². The van der Waals surface area contributed by atoms with Crippen LogP contribution in [0.1, 0.15) is 43.5 Å². The monoisotopic (exact) mass is 262 g/mol. The van der Waals surface area contributed by atoms with Crippen molar-refractivity contribution >= 4 is 0 Å². The Morgan fingerprint density at radius 3 is 3.32 bits per heavy atom. The zero-order valence-corrected chi connectivity index (χ0v) is 10.9. The van der Waals surface area contributed by atoms with E-state index in [1.54, 1.807) is 0 Å². The number of hydrogen-bond acceptors (Lipinski definition) is 6. The topological polar surface area (TPSA) is 75.2 Å². The Balaban J connectivity index is 1.58. The molecule has 0 bridgehead atoms. The van der Waals surface area contributed by atoms with Crippen LogP contribution in [-0.2, 0) is 11.2 Å². The highest BCUT2D eigenvalue weighted by Gasteiger charge is 2.34. The van der Waals surface area contributed by atoms with Gasteiger partial charge in [-0.05, 0) is 25.8 Å². The summed E-state index contributed by atoms with van der Waals surface area (Å²) in [6.45, 7) is 2.78. The number of aromatic nitrogens is 2. The number of unbranched alkanes of at least 4 members (excludes halogenated alkanes) is 1. The van der Waals surface area contributed by atoms with Crippen LogP contribution in [0.15, 0.2) is 4.52 Å². The minimum Gasteiger partial charge on any atom is -0.367 e. The number of hydrogen-bond donors (Lipinski definition) is 0. The third kappa shape index (κ3) is 2.77. The molecule has 0 radical (unpaired) electrons. The van der Waals surface area contributed by atoms with Gasteiger partial charge in [0.05, 0.1) is 12.7 Å². The standard InChI is InChI=1S/C13H18N4O2/c14-6-2-1-5-12-15-13(16-19-12)11-8-17-7-3-4-10(17)9-18-11/h10-11H,1-5,7-9H2. The van der Waals surface area contributed by atoms with Crippen LogP contribution in [0.4, 0.5) is 0 Å². The summed E-state index contributed by atoms with van der Waals surface area (Å²) >= 11 is 0. The maximum Gasteiger partial charge on any atom is 0.226 e. The predicted molar refractivity (Wildman–Crippen MR) is 66.1 cm³/mol. The molecule has 2 atom stereocenters. The van der Waals surface area contributed by atoms with Crippen molar-refractivity contribution in [2.24, 2.45) is 0 Å². The first-order valence-corrected chi connectivity index (χ1v) is 6.92. The molecule has 0 N–H and O–H groups in total. The average molecular weight is 262 g/mol. The number of ether oxygens (including phenoxy) is 1. The first kappa shape index (κ1) is 12.6. The van der Waals surface area contributed by atoms with Crippen LogP contribution in [-0.4, -0.2) is 40.8 Å². The molecule has 2 aliphatic rings. The van der Waals surface area contributed by atoms with E-state index >= 15 is 0 Å². The first-order valence-electron chi connectivity index (χ1n) is 6.92. The van der Waals surface area contributed by atoms with E-state index in [0.717, 1.165) is 26.1 Å². The number of aryl methyl sites for hydroxylation is 1. The molecule has 2 unspecified atom stereocenters. The van der Waals surface area contributed by atoms with E-state index in [-0.39, 0.29) is 6.10 Å². The number of rotatable bonds is 4. The highest BCUT2D eigenvalue weighted by Crippen LogP contribution is 2.28. The number of nitrogens with zero attached hydrogens (tertiary/aromatic N) is 4. The van der Waals surface area contributed by atoms with Crippen molar-refractivity contribution in [1.29, 1.82) is 5.26 Å². The molecule has 102 valence electrons. The van der Waals surface area contributed by atoms with Gasteiger partial charge >= 0.3 is 0 Å². The van der Waals surface area contributed by atoms with E-state index in [1.807, 2.05) is 0 Å². The Morgan fingerprint density at radius 1 is 1.47 bits per heavy atom. The smallest absolute Gasteiger partial charge is 0.226 e. The van der Waals surface area contributed by atoms with Crippen LogP contribution in [0.5, 0.6) is 0 Å². The number of morpholine rings is 1. The summed E-state index contributed by atoms with van der Waals surface area (Å²) in [6.07, 6.45) is 4.37. The Bertz CT molecular complexity index is 467. The number of fused-ring (bicyclic) bond motifs is 1. The molecule has 2 fully saturated rings. The summed E-state index contributed by atoms with van der Waals surface area (Å²) in [5, 5.41) is 12.5. The molecule has 1 aromatic heterocycles. The lowest BCUT2D eigenvalue weighted by atomic mass is 10.2. The molecule has 3 heterocycles.